The third kappa shape index (κ3) is 5.18. The van der Waals surface area contributed by atoms with E-state index < -0.39 is 0 Å². The summed E-state index contributed by atoms with van der Waals surface area (Å²) in [4.78, 5) is 13.1. The summed E-state index contributed by atoms with van der Waals surface area (Å²) in [6.45, 7) is 6.51. The molecule has 0 radical (unpaired) electrons. The average molecular weight is 223 g/mol. The maximum atomic E-state index is 10.8. The summed E-state index contributed by atoms with van der Waals surface area (Å²) in [5, 5.41) is 0. The first kappa shape index (κ1) is 13.1. The van der Waals surface area contributed by atoms with Gasteiger partial charge in [-0.05, 0) is 32.4 Å². The Morgan fingerprint density at radius 2 is 2.06 bits per heavy atom. The lowest BCUT2D eigenvalue weighted by Gasteiger charge is -2.23. The van der Waals surface area contributed by atoms with Crippen LogP contribution in [0.1, 0.15) is 39.5 Å². The van der Waals surface area contributed by atoms with Crippen molar-refractivity contribution in [1.82, 2.24) is 4.90 Å². The second-order valence-electron chi connectivity index (χ2n) is 4.16. The monoisotopic (exact) mass is 223 g/mol. The molecule has 1 aliphatic heterocycles. The Morgan fingerprint density at radius 3 is 2.62 bits per heavy atom. The van der Waals surface area contributed by atoms with Gasteiger partial charge in [-0.25, -0.2) is 0 Å². The highest BCUT2D eigenvalue weighted by Gasteiger charge is 2.08. The van der Waals surface area contributed by atoms with Crippen LogP contribution in [-0.4, -0.2) is 36.6 Å². The molecule has 1 rings (SSSR count). The zero-order chi connectivity index (χ0) is 11.8. The summed E-state index contributed by atoms with van der Waals surface area (Å²) in [7, 11) is 0. The van der Waals surface area contributed by atoms with Crippen molar-refractivity contribution in [2.45, 2.75) is 45.6 Å². The minimum atomic E-state index is -0.251. The van der Waals surface area contributed by atoms with Crippen LogP contribution in [0.5, 0.6) is 0 Å². The van der Waals surface area contributed by atoms with Crippen molar-refractivity contribution in [3.05, 3.63) is 0 Å². The van der Waals surface area contributed by atoms with Crippen LogP contribution < -0.4 is 0 Å². The Morgan fingerprint density at radius 1 is 1.38 bits per heavy atom. The molecule has 0 aromatic carbocycles. The lowest BCUT2D eigenvalue weighted by Crippen LogP contribution is -2.30. The fourth-order valence-electron chi connectivity index (χ4n) is 1.80. The van der Waals surface area contributed by atoms with Gasteiger partial charge in [-0.15, -0.1) is 0 Å². The first-order valence-electron chi connectivity index (χ1n) is 6.10. The molecule has 0 aromatic rings. The molecule has 0 unspecified atom stereocenters. The molecule has 0 aliphatic carbocycles. The van der Waals surface area contributed by atoms with Crippen molar-refractivity contribution in [3.63, 3.8) is 0 Å². The van der Waals surface area contributed by atoms with Crippen LogP contribution in [0.15, 0.2) is 0 Å². The molecule has 1 aliphatic rings. The van der Waals surface area contributed by atoms with Crippen LogP contribution in [0.4, 0.5) is 0 Å². The van der Waals surface area contributed by atoms with E-state index in [0.29, 0.717) is 0 Å². The van der Waals surface area contributed by atoms with Crippen LogP contribution in [0.2, 0.25) is 0 Å². The Labute approximate surface area is 98.1 Å². The van der Waals surface area contributed by atoms with Crippen molar-refractivity contribution < 1.29 is 9.53 Å². The van der Waals surface area contributed by atoms with E-state index in [1.54, 1.807) is 0 Å². The maximum Gasteiger partial charge on any atom is 0.303 e. The van der Waals surface area contributed by atoms with Gasteiger partial charge in [0.2, 0.25) is 0 Å². The highest BCUT2D eigenvalue weighted by atomic mass is 16.5. The minimum Gasteiger partial charge on any atom is -0.449 e. The fourth-order valence-corrected chi connectivity index (χ4v) is 1.80. The quantitative estimate of drug-likeness (QED) is 0.540. The van der Waals surface area contributed by atoms with Crippen LogP contribution in [-0.2, 0) is 9.53 Å². The van der Waals surface area contributed by atoms with Gasteiger partial charge in [-0.3, -0.25) is 9.69 Å². The third-order valence-corrected chi connectivity index (χ3v) is 2.69. The number of carbonyl (C=O) groups excluding carboxylic acids is 1. The maximum absolute atomic E-state index is 10.8. The number of nitrogens with zero attached hydrogens (tertiary/aromatic N) is 1. The van der Waals surface area contributed by atoms with E-state index in [9.17, 15) is 4.79 Å². The average Bonchev–Trinajstić information content (AvgIpc) is 2.28. The number of piperidine rings is 1. The summed E-state index contributed by atoms with van der Waals surface area (Å²) >= 11 is 0. The summed E-state index contributed by atoms with van der Waals surface area (Å²) in [6, 6.07) is 0. The van der Waals surface area contributed by atoms with E-state index in [1.165, 1.54) is 26.2 Å². The summed E-state index contributed by atoms with van der Waals surface area (Å²) < 4.78 is 5.06. The smallest absolute Gasteiger partial charge is 0.303 e. The second kappa shape index (κ2) is 7.29. The zero-order valence-corrected chi connectivity index (χ0v) is 10.3. The van der Waals surface area contributed by atoms with Crippen molar-refractivity contribution in [3.8, 4) is 11.8 Å². The van der Waals surface area contributed by atoms with E-state index in [2.05, 4.69) is 16.7 Å². The second-order valence-corrected chi connectivity index (χ2v) is 4.16. The molecule has 1 saturated heterocycles. The Kier molecular flexibility index (Phi) is 5.95. The van der Waals surface area contributed by atoms with Crippen LogP contribution >= 0.6 is 0 Å². The predicted octanol–water partition coefficient (Wildman–Crippen LogP) is 1.82. The van der Waals surface area contributed by atoms with Gasteiger partial charge < -0.3 is 4.74 Å². The fraction of sp³-hybridized carbons (Fsp3) is 0.769. The van der Waals surface area contributed by atoms with Crippen LogP contribution in [0.3, 0.4) is 0 Å². The van der Waals surface area contributed by atoms with E-state index in [1.807, 2.05) is 6.92 Å². The van der Waals surface area contributed by atoms with E-state index >= 15 is 0 Å². The van der Waals surface area contributed by atoms with Crippen molar-refractivity contribution >= 4 is 5.97 Å². The van der Waals surface area contributed by atoms with Gasteiger partial charge in [0.1, 0.15) is 0 Å². The van der Waals surface area contributed by atoms with Crippen molar-refractivity contribution in [1.29, 1.82) is 0 Å². The lowest BCUT2D eigenvalue weighted by atomic mass is 10.1. The van der Waals surface area contributed by atoms with E-state index in [0.717, 1.165) is 26.1 Å². The Balaban J connectivity index is 2.30. The van der Waals surface area contributed by atoms with Gasteiger partial charge in [0.15, 0.2) is 6.10 Å². The first-order valence-corrected chi connectivity index (χ1v) is 6.10. The van der Waals surface area contributed by atoms with Crippen molar-refractivity contribution in [2.75, 3.05) is 19.6 Å². The summed E-state index contributed by atoms with van der Waals surface area (Å²) in [5.74, 6) is 5.87. The Bertz CT molecular complexity index is 271. The largest absolute Gasteiger partial charge is 0.449 e. The Hall–Kier alpha value is -1.01. The number of rotatable bonds is 3. The van der Waals surface area contributed by atoms with Gasteiger partial charge in [0.25, 0.3) is 0 Å². The van der Waals surface area contributed by atoms with Crippen LogP contribution in [0, 0.1) is 11.8 Å². The number of hydrogen-bond acceptors (Lipinski definition) is 3. The molecule has 1 fully saturated rings. The van der Waals surface area contributed by atoms with Gasteiger partial charge in [0, 0.05) is 6.92 Å². The molecule has 0 saturated carbocycles. The normalized spacial score (nSPS) is 18.4. The van der Waals surface area contributed by atoms with Gasteiger partial charge in [0.05, 0.1) is 6.54 Å². The molecular formula is C13H21NO2. The number of carbonyl (C=O) groups is 1. The minimum absolute atomic E-state index is 0.234. The molecule has 0 bridgehead atoms. The molecule has 3 heteroatoms. The van der Waals surface area contributed by atoms with Gasteiger partial charge in [-0.1, -0.05) is 25.2 Å². The molecule has 0 N–H and O–H groups in total. The number of ether oxygens (including phenoxy) is 1. The number of hydrogen-bond donors (Lipinski definition) is 0. The third-order valence-electron chi connectivity index (χ3n) is 2.69. The SMILES string of the molecule is CC[C@H](C#CCN1CCCCC1)OC(C)=O. The molecule has 1 atom stereocenters. The van der Waals surface area contributed by atoms with E-state index in [-0.39, 0.29) is 12.1 Å². The van der Waals surface area contributed by atoms with Gasteiger partial charge in [-0.2, -0.15) is 0 Å². The highest BCUT2D eigenvalue weighted by molar-refractivity contribution is 5.66. The van der Waals surface area contributed by atoms with Crippen molar-refractivity contribution in [2.24, 2.45) is 0 Å². The molecular weight excluding hydrogens is 202 g/mol. The van der Waals surface area contributed by atoms with Crippen LogP contribution in [0.25, 0.3) is 0 Å². The number of esters is 1. The molecule has 0 aromatic heterocycles. The lowest BCUT2D eigenvalue weighted by molar-refractivity contribution is -0.143. The standard InChI is InChI=1S/C13H21NO2/c1-3-13(16-12(2)15)8-7-11-14-9-5-4-6-10-14/h13H,3-6,9-11H2,1-2H3/t13-/m1/s1. The molecule has 90 valence electrons. The molecule has 0 spiro atoms. The summed E-state index contributed by atoms with van der Waals surface area (Å²) in [6.07, 6.45) is 4.43. The molecule has 0 amide bonds. The topological polar surface area (TPSA) is 29.5 Å². The molecule has 16 heavy (non-hydrogen) atoms. The number of likely N-dealkylation sites (tertiary alicyclic amines) is 1. The zero-order valence-electron chi connectivity index (χ0n) is 10.3. The highest BCUT2D eigenvalue weighted by Crippen LogP contribution is 2.07. The molecule has 1 heterocycles. The van der Waals surface area contributed by atoms with Gasteiger partial charge >= 0.3 is 5.97 Å². The van der Waals surface area contributed by atoms with E-state index in [4.69, 9.17) is 4.74 Å². The molecule has 3 nitrogen and oxygen atoms in total. The predicted molar refractivity (Wildman–Crippen MR) is 63.9 cm³/mol. The summed E-state index contributed by atoms with van der Waals surface area (Å²) in [5.41, 5.74) is 0. The first-order chi connectivity index (χ1) is 7.72.